The smallest absolute Gasteiger partial charge is 0.249 e. The van der Waals surface area contributed by atoms with Crippen molar-refractivity contribution in [1.82, 2.24) is 20.0 Å². The number of aromatic nitrogens is 2. The first-order chi connectivity index (χ1) is 8.97. The predicted molar refractivity (Wildman–Crippen MR) is 66.6 cm³/mol. The van der Waals surface area contributed by atoms with Gasteiger partial charge in [0, 0.05) is 24.9 Å². The Morgan fingerprint density at radius 3 is 2.89 bits per heavy atom. The van der Waals surface area contributed by atoms with Gasteiger partial charge in [-0.3, -0.25) is 24.4 Å². The molecule has 7 nitrogen and oxygen atoms in total. The summed E-state index contributed by atoms with van der Waals surface area (Å²) < 4.78 is 1.62. The summed E-state index contributed by atoms with van der Waals surface area (Å²) in [5.41, 5.74) is 0.774. The van der Waals surface area contributed by atoms with E-state index in [1.807, 2.05) is 0 Å². The minimum atomic E-state index is -0.649. The number of piperazine rings is 1. The summed E-state index contributed by atoms with van der Waals surface area (Å²) in [5.74, 6) is -1.30. The van der Waals surface area contributed by atoms with Crippen molar-refractivity contribution < 1.29 is 14.4 Å². The lowest BCUT2D eigenvalue weighted by atomic mass is 10.2. The standard InChI is InChI=1S/C12H14N4O3/c1-8-12(19)14-10(17)7-16(8)11(18)4-3-9-5-13-15(2)6-9/h3-6,8H,7H2,1-2H3,(H,14,17,19). The maximum atomic E-state index is 12.0. The highest BCUT2D eigenvalue weighted by Gasteiger charge is 2.32. The molecule has 3 amide bonds. The Balaban J connectivity index is 2.08. The van der Waals surface area contributed by atoms with Crippen LogP contribution in [0.3, 0.4) is 0 Å². The summed E-state index contributed by atoms with van der Waals surface area (Å²) in [4.78, 5) is 35.9. The fourth-order valence-electron chi connectivity index (χ4n) is 1.77. The van der Waals surface area contributed by atoms with E-state index in [9.17, 15) is 14.4 Å². The van der Waals surface area contributed by atoms with Crippen LogP contribution in [0, 0.1) is 0 Å². The maximum Gasteiger partial charge on any atom is 0.249 e. The first-order valence-corrected chi connectivity index (χ1v) is 5.78. The van der Waals surface area contributed by atoms with Gasteiger partial charge in [0.25, 0.3) is 0 Å². The van der Waals surface area contributed by atoms with Crippen LogP contribution < -0.4 is 5.32 Å². The lowest BCUT2D eigenvalue weighted by molar-refractivity contribution is -0.147. The van der Waals surface area contributed by atoms with E-state index < -0.39 is 17.9 Å². The molecule has 0 bridgehead atoms. The average Bonchev–Trinajstić information content (AvgIpc) is 2.76. The van der Waals surface area contributed by atoms with E-state index in [2.05, 4.69) is 10.4 Å². The van der Waals surface area contributed by atoms with Gasteiger partial charge in [-0.1, -0.05) is 0 Å². The Morgan fingerprint density at radius 2 is 2.26 bits per heavy atom. The SMILES string of the molecule is CC1C(=O)NC(=O)CN1C(=O)C=Cc1cnn(C)c1. The number of hydrogen-bond acceptors (Lipinski definition) is 4. The van der Waals surface area contributed by atoms with Crippen molar-refractivity contribution in [3.8, 4) is 0 Å². The number of carbonyl (C=O) groups excluding carboxylic acids is 3. The lowest BCUT2D eigenvalue weighted by Gasteiger charge is -2.30. The Morgan fingerprint density at radius 1 is 1.53 bits per heavy atom. The van der Waals surface area contributed by atoms with Gasteiger partial charge in [-0.05, 0) is 13.0 Å². The molecule has 7 heteroatoms. The van der Waals surface area contributed by atoms with Gasteiger partial charge in [0.05, 0.1) is 6.20 Å². The van der Waals surface area contributed by atoms with E-state index in [0.717, 1.165) is 5.56 Å². The summed E-state index contributed by atoms with van der Waals surface area (Å²) >= 11 is 0. The third kappa shape index (κ3) is 2.87. The van der Waals surface area contributed by atoms with Gasteiger partial charge in [0.1, 0.15) is 12.6 Å². The van der Waals surface area contributed by atoms with Gasteiger partial charge >= 0.3 is 0 Å². The number of aryl methyl sites for hydroxylation is 1. The Kier molecular flexibility index (Phi) is 3.46. The second-order valence-electron chi connectivity index (χ2n) is 4.34. The van der Waals surface area contributed by atoms with E-state index in [1.165, 1.54) is 11.0 Å². The molecule has 1 aliphatic heterocycles. The van der Waals surface area contributed by atoms with Crippen LogP contribution in [0.2, 0.25) is 0 Å². The second kappa shape index (κ2) is 5.05. The van der Waals surface area contributed by atoms with Crippen LogP contribution >= 0.6 is 0 Å². The van der Waals surface area contributed by atoms with Gasteiger partial charge in [-0.15, -0.1) is 0 Å². The van der Waals surface area contributed by atoms with Crippen molar-refractivity contribution in [1.29, 1.82) is 0 Å². The molecule has 1 saturated heterocycles. The van der Waals surface area contributed by atoms with Crippen LogP contribution in [0.15, 0.2) is 18.5 Å². The highest BCUT2D eigenvalue weighted by Crippen LogP contribution is 2.07. The number of amides is 3. The Hall–Kier alpha value is -2.44. The molecule has 19 heavy (non-hydrogen) atoms. The van der Waals surface area contributed by atoms with Crippen molar-refractivity contribution in [2.45, 2.75) is 13.0 Å². The summed E-state index contributed by atoms with van der Waals surface area (Å²) in [6.45, 7) is 1.47. The van der Waals surface area contributed by atoms with Gasteiger partial charge in [0.2, 0.25) is 17.7 Å². The average molecular weight is 262 g/mol. The molecule has 1 aliphatic rings. The molecule has 1 N–H and O–H groups in total. The van der Waals surface area contributed by atoms with Crippen molar-refractivity contribution in [3.63, 3.8) is 0 Å². The fraction of sp³-hybridized carbons (Fsp3) is 0.333. The zero-order valence-electron chi connectivity index (χ0n) is 10.7. The maximum absolute atomic E-state index is 12.0. The number of rotatable bonds is 2. The van der Waals surface area contributed by atoms with Gasteiger partial charge < -0.3 is 4.90 Å². The quantitative estimate of drug-likeness (QED) is 0.564. The Labute approximate surface area is 109 Å². The molecule has 0 radical (unpaired) electrons. The van der Waals surface area contributed by atoms with E-state index in [1.54, 1.807) is 37.1 Å². The van der Waals surface area contributed by atoms with Gasteiger partial charge in [0.15, 0.2) is 0 Å². The number of nitrogens with one attached hydrogen (secondary N) is 1. The zero-order valence-corrected chi connectivity index (χ0v) is 10.7. The van der Waals surface area contributed by atoms with Crippen LogP contribution in [0.4, 0.5) is 0 Å². The first-order valence-electron chi connectivity index (χ1n) is 5.78. The minimum Gasteiger partial charge on any atom is -0.318 e. The van der Waals surface area contributed by atoms with E-state index >= 15 is 0 Å². The van der Waals surface area contributed by atoms with Crippen LogP contribution in [0.25, 0.3) is 6.08 Å². The Bertz CT molecular complexity index is 561. The highest BCUT2D eigenvalue weighted by atomic mass is 16.2. The summed E-state index contributed by atoms with van der Waals surface area (Å²) in [7, 11) is 1.77. The van der Waals surface area contributed by atoms with Crippen molar-refractivity contribution in [2.75, 3.05) is 6.54 Å². The predicted octanol–water partition coefficient (Wildman–Crippen LogP) is -0.693. The third-order valence-corrected chi connectivity index (χ3v) is 2.85. The van der Waals surface area contributed by atoms with Crippen molar-refractivity contribution >= 4 is 23.8 Å². The summed E-state index contributed by atoms with van der Waals surface area (Å²) in [6.07, 6.45) is 6.29. The molecule has 1 unspecified atom stereocenters. The third-order valence-electron chi connectivity index (χ3n) is 2.85. The molecule has 0 saturated carbocycles. The van der Waals surface area contributed by atoms with Crippen LogP contribution in [-0.2, 0) is 21.4 Å². The lowest BCUT2D eigenvalue weighted by Crippen LogP contribution is -2.58. The summed E-state index contributed by atoms with van der Waals surface area (Å²) in [6, 6.07) is -0.649. The number of hydrogen-bond donors (Lipinski definition) is 1. The monoisotopic (exact) mass is 262 g/mol. The van der Waals surface area contributed by atoms with Gasteiger partial charge in [-0.25, -0.2) is 0 Å². The van der Waals surface area contributed by atoms with Crippen molar-refractivity contribution in [2.24, 2.45) is 7.05 Å². The molecule has 2 heterocycles. The normalized spacial score (nSPS) is 19.9. The van der Waals surface area contributed by atoms with Crippen LogP contribution in [0.5, 0.6) is 0 Å². The fourth-order valence-corrected chi connectivity index (χ4v) is 1.77. The molecule has 2 rings (SSSR count). The molecule has 1 atom stereocenters. The molecular formula is C12H14N4O3. The van der Waals surface area contributed by atoms with E-state index in [4.69, 9.17) is 0 Å². The molecule has 1 aromatic rings. The zero-order chi connectivity index (χ0) is 14.0. The van der Waals surface area contributed by atoms with E-state index in [0.29, 0.717) is 0 Å². The molecular weight excluding hydrogens is 248 g/mol. The number of imide groups is 1. The second-order valence-corrected chi connectivity index (χ2v) is 4.34. The van der Waals surface area contributed by atoms with Crippen LogP contribution in [0.1, 0.15) is 12.5 Å². The highest BCUT2D eigenvalue weighted by molar-refractivity contribution is 6.06. The minimum absolute atomic E-state index is 0.108. The topological polar surface area (TPSA) is 84.3 Å². The molecule has 100 valence electrons. The summed E-state index contributed by atoms with van der Waals surface area (Å²) in [5, 5.41) is 6.15. The molecule has 1 aromatic heterocycles. The molecule has 0 aromatic carbocycles. The number of nitrogens with zero attached hydrogens (tertiary/aromatic N) is 3. The number of carbonyl (C=O) groups is 3. The molecule has 0 aliphatic carbocycles. The van der Waals surface area contributed by atoms with Crippen molar-refractivity contribution in [3.05, 3.63) is 24.0 Å². The van der Waals surface area contributed by atoms with E-state index in [-0.39, 0.29) is 12.5 Å². The van der Waals surface area contributed by atoms with Crippen LogP contribution in [-0.4, -0.2) is 45.0 Å². The molecule has 0 spiro atoms. The van der Waals surface area contributed by atoms with Gasteiger partial charge in [-0.2, -0.15) is 5.10 Å². The molecule has 1 fully saturated rings. The first kappa shape index (κ1) is 13.0. The largest absolute Gasteiger partial charge is 0.318 e.